The van der Waals surface area contributed by atoms with Gasteiger partial charge in [-0.05, 0) is 27.2 Å². The van der Waals surface area contributed by atoms with Crippen LogP contribution in [0, 0.1) is 0 Å². The normalized spacial score (nSPS) is 11.6. The first kappa shape index (κ1) is 15.7. The Morgan fingerprint density at radius 2 is 2.11 bits per heavy atom. The Balaban J connectivity index is 2.53. The summed E-state index contributed by atoms with van der Waals surface area (Å²) in [4.78, 5) is 16.3. The van der Waals surface area contributed by atoms with Crippen LogP contribution in [0.2, 0.25) is 0 Å². The predicted octanol–water partition coefficient (Wildman–Crippen LogP) is 2.23. The van der Waals surface area contributed by atoms with Crippen LogP contribution >= 0.6 is 0 Å². The largest absolute Gasteiger partial charge is 0.380 e. The molecule has 0 unspecified atom stereocenters. The lowest BCUT2D eigenvalue weighted by Crippen LogP contribution is -2.35. The third kappa shape index (κ3) is 5.03. The van der Waals surface area contributed by atoms with Crippen molar-refractivity contribution >= 4 is 5.82 Å². The quantitative estimate of drug-likeness (QED) is 0.770. The smallest absolute Gasteiger partial charge is 0.293 e. The first-order valence-corrected chi connectivity index (χ1v) is 6.86. The van der Waals surface area contributed by atoms with Gasteiger partial charge in [-0.1, -0.05) is 13.3 Å². The van der Waals surface area contributed by atoms with E-state index in [-0.39, 0.29) is 11.1 Å². The maximum atomic E-state index is 12.2. The zero-order chi connectivity index (χ0) is 14.3. The van der Waals surface area contributed by atoms with Gasteiger partial charge in [0.05, 0.1) is 6.61 Å². The van der Waals surface area contributed by atoms with Gasteiger partial charge in [-0.2, -0.15) is 0 Å². The molecule has 1 rings (SSSR count). The van der Waals surface area contributed by atoms with Crippen molar-refractivity contribution in [1.82, 2.24) is 9.55 Å². The van der Waals surface area contributed by atoms with E-state index in [1.54, 1.807) is 17.0 Å². The van der Waals surface area contributed by atoms with E-state index in [1.807, 2.05) is 20.8 Å². The van der Waals surface area contributed by atoms with Crippen LogP contribution in [-0.4, -0.2) is 29.3 Å². The van der Waals surface area contributed by atoms with Crippen molar-refractivity contribution in [3.05, 3.63) is 22.7 Å². The van der Waals surface area contributed by atoms with Crippen molar-refractivity contribution in [3.63, 3.8) is 0 Å². The van der Waals surface area contributed by atoms with Gasteiger partial charge in [0, 0.05) is 31.1 Å². The number of aromatic nitrogens is 2. The van der Waals surface area contributed by atoms with Crippen molar-refractivity contribution in [2.45, 2.75) is 46.1 Å². The summed E-state index contributed by atoms with van der Waals surface area (Å²) >= 11 is 0. The second-order valence-electron chi connectivity index (χ2n) is 5.51. The summed E-state index contributed by atoms with van der Waals surface area (Å²) in [5, 5.41) is 3.03. The Bertz CT molecular complexity index is 435. The third-order valence-electron chi connectivity index (χ3n) is 2.74. The molecule has 0 aliphatic heterocycles. The Morgan fingerprint density at radius 3 is 2.74 bits per heavy atom. The molecule has 0 aromatic carbocycles. The lowest BCUT2D eigenvalue weighted by Gasteiger charge is -2.22. The highest BCUT2D eigenvalue weighted by molar-refractivity contribution is 5.30. The number of ether oxygens (including phenoxy) is 1. The van der Waals surface area contributed by atoms with Crippen molar-refractivity contribution in [1.29, 1.82) is 0 Å². The molecule has 0 spiro atoms. The zero-order valence-corrected chi connectivity index (χ0v) is 12.4. The Kier molecular flexibility index (Phi) is 6.02. The summed E-state index contributed by atoms with van der Waals surface area (Å²) in [5.74, 6) is 0.386. The Labute approximate surface area is 115 Å². The van der Waals surface area contributed by atoms with E-state index in [2.05, 4.69) is 17.2 Å². The highest BCUT2D eigenvalue weighted by Gasteiger charge is 2.16. The van der Waals surface area contributed by atoms with Crippen molar-refractivity contribution in [2.75, 3.05) is 25.1 Å². The van der Waals surface area contributed by atoms with Crippen molar-refractivity contribution in [2.24, 2.45) is 0 Å². The molecule has 108 valence electrons. The van der Waals surface area contributed by atoms with E-state index < -0.39 is 0 Å². The van der Waals surface area contributed by atoms with E-state index in [0.29, 0.717) is 19.0 Å². The van der Waals surface area contributed by atoms with Crippen LogP contribution in [0.5, 0.6) is 0 Å². The molecule has 19 heavy (non-hydrogen) atoms. The molecule has 1 aromatic heterocycles. The molecule has 0 aliphatic rings. The van der Waals surface area contributed by atoms with Crippen molar-refractivity contribution < 1.29 is 4.74 Å². The van der Waals surface area contributed by atoms with E-state index in [4.69, 9.17) is 4.74 Å². The molecule has 1 heterocycles. The zero-order valence-electron chi connectivity index (χ0n) is 12.4. The number of nitrogens with zero attached hydrogens (tertiary/aromatic N) is 2. The SMILES string of the molecule is CCCCOCCNc1nccn(C(C)(C)C)c1=O. The summed E-state index contributed by atoms with van der Waals surface area (Å²) in [7, 11) is 0. The molecule has 0 saturated carbocycles. The van der Waals surface area contributed by atoms with Crippen LogP contribution in [-0.2, 0) is 10.3 Å². The Morgan fingerprint density at radius 1 is 1.37 bits per heavy atom. The number of unbranched alkanes of at least 4 members (excludes halogenated alkanes) is 1. The topological polar surface area (TPSA) is 56.1 Å². The molecule has 0 atom stereocenters. The molecule has 0 bridgehead atoms. The minimum atomic E-state index is -0.242. The number of rotatable bonds is 7. The van der Waals surface area contributed by atoms with Gasteiger partial charge in [0.2, 0.25) is 0 Å². The summed E-state index contributed by atoms with van der Waals surface area (Å²) in [5.41, 5.74) is -0.336. The summed E-state index contributed by atoms with van der Waals surface area (Å²) in [6, 6.07) is 0. The summed E-state index contributed by atoms with van der Waals surface area (Å²) < 4.78 is 7.11. The number of hydrogen-bond acceptors (Lipinski definition) is 4. The molecule has 0 amide bonds. The molecule has 1 aromatic rings. The van der Waals surface area contributed by atoms with Gasteiger partial charge < -0.3 is 14.6 Å². The van der Waals surface area contributed by atoms with Crippen molar-refractivity contribution in [3.8, 4) is 0 Å². The summed E-state index contributed by atoms with van der Waals surface area (Å²) in [6.07, 6.45) is 5.56. The molecule has 1 N–H and O–H groups in total. The fourth-order valence-corrected chi connectivity index (χ4v) is 1.65. The average molecular weight is 267 g/mol. The van der Waals surface area contributed by atoms with Gasteiger partial charge in [-0.3, -0.25) is 4.79 Å². The lowest BCUT2D eigenvalue weighted by molar-refractivity contribution is 0.141. The minimum absolute atomic E-state index is 0.0939. The second kappa shape index (κ2) is 7.28. The van der Waals surface area contributed by atoms with E-state index >= 15 is 0 Å². The van der Waals surface area contributed by atoms with E-state index in [9.17, 15) is 4.79 Å². The van der Waals surface area contributed by atoms with Crippen LogP contribution in [0.25, 0.3) is 0 Å². The number of nitrogens with one attached hydrogen (secondary N) is 1. The first-order valence-electron chi connectivity index (χ1n) is 6.86. The fraction of sp³-hybridized carbons (Fsp3) is 0.714. The molecule has 0 saturated heterocycles. The highest BCUT2D eigenvalue weighted by atomic mass is 16.5. The monoisotopic (exact) mass is 267 g/mol. The van der Waals surface area contributed by atoms with Gasteiger partial charge in [-0.15, -0.1) is 0 Å². The van der Waals surface area contributed by atoms with Crippen LogP contribution < -0.4 is 10.9 Å². The lowest BCUT2D eigenvalue weighted by atomic mass is 10.1. The first-order chi connectivity index (χ1) is 8.96. The summed E-state index contributed by atoms with van der Waals surface area (Å²) in [6.45, 7) is 10.1. The fourth-order valence-electron chi connectivity index (χ4n) is 1.65. The molecule has 0 fully saturated rings. The van der Waals surface area contributed by atoms with E-state index in [1.165, 1.54) is 0 Å². The van der Waals surface area contributed by atoms with Gasteiger partial charge >= 0.3 is 0 Å². The number of anilines is 1. The molecule has 5 heteroatoms. The average Bonchev–Trinajstić information content (AvgIpc) is 2.34. The Hall–Kier alpha value is -1.36. The standard InChI is InChI=1S/C14H25N3O2/c1-5-6-10-19-11-8-16-12-13(18)17(9-7-15-12)14(2,3)4/h7,9H,5-6,8,10-11H2,1-4H3,(H,15,16). The second-order valence-corrected chi connectivity index (χ2v) is 5.51. The molecule has 0 radical (unpaired) electrons. The molecular weight excluding hydrogens is 242 g/mol. The maximum Gasteiger partial charge on any atom is 0.293 e. The predicted molar refractivity (Wildman–Crippen MR) is 77.7 cm³/mol. The third-order valence-corrected chi connectivity index (χ3v) is 2.74. The van der Waals surface area contributed by atoms with Gasteiger partial charge in [0.25, 0.3) is 5.56 Å². The highest BCUT2D eigenvalue weighted by Crippen LogP contribution is 2.10. The van der Waals surface area contributed by atoms with Crippen LogP contribution in [0.15, 0.2) is 17.2 Å². The van der Waals surface area contributed by atoms with Gasteiger partial charge in [0.1, 0.15) is 0 Å². The van der Waals surface area contributed by atoms with Gasteiger partial charge in [-0.25, -0.2) is 4.98 Å². The number of hydrogen-bond donors (Lipinski definition) is 1. The molecular formula is C14H25N3O2. The van der Waals surface area contributed by atoms with Crippen LogP contribution in [0.3, 0.4) is 0 Å². The van der Waals surface area contributed by atoms with Gasteiger partial charge in [0.15, 0.2) is 5.82 Å². The van der Waals surface area contributed by atoms with Crippen LogP contribution in [0.1, 0.15) is 40.5 Å². The minimum Gasteiger partial charge on any atom is -0.380 e. The molecule has 0 aliphatic carbocycles. The molecule has 5 nitrogen and oxygen atoms in total. The van der Waals surface area contributed by atoms with E-state index in [0.717, 1.165) is 19.4 Å². The van der Waals surface area contributed by atoms with Crippen LogP contribution in [0.4, 0.5) is 5.82 Å². The maximum absolute atomic E-state index is 12.2.